The fraction of sp³-hybridized carbons (Fsp3) is 0.214. The van der Waals surface area contributed by atoms with Gasteiger partial charge in [-0.05, 0) is 19.9 Å². The van der Waals surface area contributed by atoms with Gasteiger partial charge in [-0.15, -0.1) is 21.5 Å². The summed E-state index contributed by atoms with van der Waals surface area (Å²) in [6, 6.07) is 3.55. The normalized spacial score (nSPS) is 11.6. The molecule has 0 aliphatic rings. The minimum Gasteiger partial charge on any atom is -0.269 e. The number of fused-ring (bicyclic) bond motifs is 2. The lowest BCUT2D eigenvalue weighted by molar-refractivity contribution is 0.885. The van der Waals surface area contributed by atoms with Crippen molar-refractivity contribution in [2.24, 2.45) is 0 Å². The number of aryl methyl sites for hydroxylation is 2. The Bertz CT molecular complexity index is 1080. The van der Waals surface area contributed by atoms with Gasteiger partial charge < -0.3 is 0 Å². The summed E-state index contributed by atoms with van der Waals surface area (Å²) in [4.78, 5) is 21.6. The highest BCUT2D eigenvalue weighted by Crippen LogP contribution is 2.22. The lowest BCUT2D eigenvalue weighted by atomic mass is 10.3. The van der Waals surface area contributed by atoms with Gasteiger partial charge >= 0.3 is 0 Å². The summed E-state index contributed by atoms with van der Waals surface area (Å²) >= 11 is 2.94. The van der Waals surface area contributed by atoms with E-state index in [-0.39, 0.29) is 5.56 Å². The molecule has 0 amide bonds. The summed E-state index contributed by atoms with van der Waals surface area (Å²) in [6.07, 6.45) is 1.73. The van der Waals surface area contributed by atoms with Crippen molar-refractivity contribution < 1.29 is 0 Å². The number of hydrogen-bond acceptors (Lipinski definition) is 7. The molecule has 0 aliphatic heterocycles. The van der Waals surface area contributed by atoms with Crippen LogP contribution in [0.1, 0.15) is 17.1 Å². The van der Waals surface area contributed by atoms with E-state index in [1.54, 1.807) is 16.7 Å². The van der Waals surface area contributed by atoms with Crippen molar-refractivity contribution in [3.8, 4) is 0 Å². The predicted octanol–water partition coefficient (Wildman–Crippen LogP) is 2.10. The molecule has 0 radical (unpaired) electrons. The van der Waals surface area contributed by atoms with Crippen LogP contribution in [0, 0.1) is 13.8 Å². The molecule has 0 saturated heterocycles. The number of rotatable bonds is 3. The molecule has 9 heteroatoms. The van der Waals surface area contributed by atoms with Gasteiger partial charge in [-0.1, -0.05) is 11.8 Å². The average Bonchev–Trinajstić information content (AvgIpc) is 3.11. The third-order valence-corrected chi connectivity index (χ3v) is 5.09. The molecule has 7 nitrogen and oxygen atoms in total. The Morgan fingerprint density at radius 2 is 2.09 bits per heavy atom. The van der Waals surface area contributed by atoms with Crippen LogP contribution in [0.4, 0.5) is 0 Å². The highest BCUT2D eigenvalue weighted by molar-refractivity contribution is 7.98. The van der Waals surface area contributed by atoms with E-state index in [0.717, 1.165) is 22.2 Å². The lowest BCUT2D eigenvalue weighted by Gasteiger charge is -2.04. The highest BCUT2D eigenvalue weighted by Gasteiger charge is 2.11. The first-order chi connectivity index (χ1) is 11.1. The summed E-state index contributed by atoms with van der Waals surface area (Å²) in [5, 5.41) is 10.9. The molecule has 0 N–H and O–H groups in total. The Kier molecular flexibility index (Phi) is 3.38. The van der Waals surface area contributed by atoms with E-state index >= 15 is 0 Å². The molecule has 0 aromatic carbocycles. The Balaban J connectivity index is 1.67. The van der Waals surface area contributed by atoms with Crippen molar-refractivity contribution in [3.05, 3.63) is 51.1 Å². The first kappa shape index (κ1) is 14.3. The number of thioether (sulfide) groups is 1. The molecule has 23 heavy (non-hydrogen) atoms. The minimum atomic E-state index is -0.0635. The second-order valence-corrected chi connectivity index (χ2v) is 6.90. The molecule has 4 aromatic heterocycles. The summed E-state index contributed by atoms with van der Waals surface area (Å²) < 4.78 is 3.45. The van der Waals surface area contributed by atoms with Crippen LogP contribution in [0.15, 0.2) is 33.7 Å². The maximum Gasteiger partial charge on any atom is 0.258 e. The third kappa shape index (κ3) is 2.51. The van der Waals surface area contributed by atoms with Crippen LogP contribution in [-0.4, -0.2) is 29.0 Å². The fourth-order valence-electron chi connectivity index (χ4n) is 2.39. The van der Waals surface area contributed by atoms with Gasteiger partial charge in [-0.25, -0.2) is 9.97 Å². The smallest absolute Gasteiger partial charge is 0.258 e. The molecular weight excluding hydrogens is 332 g/mol. The maximum atomic E-state index is 12.0. The fourth-order valence-corrected chi connectivity index (χ4v) is 4.01. The van der Waals surface area contributed by atoms with Gasteiger partial charge in [0.1, 0.15) is 0 Å². The molecule has 4 heterocycles. The number of thiazole rings is 1. The summed E-state index contributed by atoms with van der Waals surface area (Å²) in [6.45, 7) is 3.93. The maximum absolute atomic E-state index is 12.0. The quantitative estimate of drug-likeness (QED) is 0.530. The number of aromatic nitrogens is 6. The zero-order valence-corrected chi connectivity index (χ0v) is 14.1. The Hall–Kier alpha value is -2.26. The van der Waals surface area contributed by atoms with E-state index in [0.29, 0.717) is 16.5 Å². The van der Waals surface area contributed by atoms with Crippen LogP contribution < -0.4 is 5.56 Å². The van der Waals surface area contributed by atoms with Gasteiger partial charge in [-0.3, -0.25) is 13.6 Å². The molecule has 0 atom stereocenters. The molecule has 0 saturated carbocycles. The number of nitrogens with zero attached hydrogens (tertiary/aromatic N) is 6. The topological polar surface area (TPSA) is 77.5 Å². The summed E-state index contributed by atoms with van der Waals surface area (Å²) in [7, 11) is 0. The summed E-state index contributed by atoms with van der Waals surface area (Å²) in [5.41, 5.74) is 2.61. The van der Waals surface area contributed by atoms with E-state index in [1.165, 1.54) is 23.1 Å². The second-order valence-electron chi connectivity index (χ2n) is 5.09. The van der Waals surface area contributed by atoms with Crippen molar-refractivity contribution in [2.45, 2.75) is 24.8 Å². The predicted molar refractivity (Wildman–Crippen MR) is 89.2 cm³/mol. The average molecular weight is 344 g/mol. The first-order valence-electron chi connectivity index (χ1n) is 6.90. The second kappa shape index (κ2) is 5.43. The van der Waals surface area contributed by atoms with E-state index in [4.69, 9.17) is 0 Å². The molecule has 0 spiro atoms. The van der Waals surface area contributed by atoms with Crippen molar-refractivity contribution in [2.75, 3.05) is 0 Å². The molecule has 0 unspecified atom stereocenters. The van der Waals surface area contributed by atoms with E-state index in [1.807, 2.05) is 29.7 Å². The van der Waals surface area contributed by atoms with E-state index in [2.05, 4.69) is 20.2 Å². The van der Waals surface area contributed by atoms with Gasteiger partial charge in [-0.2, -0.15) is 0 Å². The molecule has 0 bridgehead atoms. The van der Waals surface area contributed by atoms with Crippen molar-refractivity contribution in [3.63, 3.8) is 0 Å². The van der Waals surface area contributed by atoms with Crippen LogP contribution in [-0.2, 0) is 5.75 Å². The van der Waals surface area contributed by atoms with Crippen LogP contribution in [0.3, 0.4) is 0 Å². The standard InChI is InChI=1S/C14H12N6OS2/c1-8-5-9(2)20-12(15-8)17-18-14(20)23-7-10-6-11(21)19-3-4-22-13(19)16-10/h3-6H,7H2,1-2H3. The Labute approximate surface area is 139 Å². The molecule has 0 fully saturated rings. The van der Waals surface area contributed by atoms with Crippen molar-refractivity contribution >= 4 is 33.8 Å². The Morgan fingerprint density at radius 1 is 1.22 bits per heavy atom. The van der Waals surface area contributed by atoms with Crippen LogP contribution in [0.25, 0.3) is 10.7 Å². The lowest BCUT2D eigenvalue weighted by Crippen LogP contribution is -2.12. The molecule has 0 aliphatic carbocycles. The van der Waals surface area contributed by atoms with Gasteiger partial charge in [0.25, 0.3) is 11.3 Å². The van der Waals surface area contributed by atoms with Gasteiger partial charge in [0.15, 0.2) is 10.1 Å². The van der Waals surface area contributed by atoms with Gasteiger partial charge in [0.05, 0.1) is 5.69 Å². The largest absolute Gasteiger partial charge is 0.269 e. The summed E-state index contributed by atoms with van der Waals surface area (Å²) in [5.74, 6) is 1.14. The van der Waals surface area contributed by atoms with Crippen molar-refractivity contribution in [1.29, 1.82) is 0 Å². The van der Waals surface area contributed by atoms with Crippen molar-refractivity contribution in [1.82, 2.24) is 29.0 Å². The first-order valence-corrected chi connectivity index (χ1v) is 8.76. The minimum absolute atomic E-state index is 0.0635. The zero-order chi connectivity index (χ0) is 16.0. The van der Waals surface area contributed by atoms with Gasteiger partial charge in [0.2, 0.25) is 0 Å². The van der Waals surface area contributed by atoms with Crippen LogP contribution >= 0.6 is 23.1 Å². The highest BCUT2D eigenvalue weighted by atomic mass is 32.2. The van der Waals surface area contributed by atoms with E-state index < -0.39 is 0 Å². The third-order valence-electron chi connectivity index (χ3n) is 3.37. The zero-order valence-electron chi connectivity index (χ0n) is 12.4. The SMILES string of the molecule is Cc1cc(C)n2c(SCc3cc(=O)n4ccsc4n3)nnc2n1. The Morgan fingerprint density at radius 3 is 2.96 bits per heavy atom. The van der Waals surface area contributed by atoms with Gasteiger partial charge in [0, 0.05) is 34.8 Å². The monoisotopic (exact) mass is 344 g/mol. The molecular formula is C14H12N6OS2. The van der Waals surface area contributed by atoms with Crippen LogP contribution in [0.2, 0.25) is 0 Å². The molecule has 4 rings (SSSR count). The molecule has 4 aromatic rings. The molecule has 116 valence electrons. The van der Waals surface area contributed by atoms with Crippen LogP contribution in [0.5, 0.6) is 0 Å². The van der Waals surface area contributed by atoms with E-state index in [9.17, 15) is 4.79 Å². The number of hydrogen-bond donors (Lipinski definition) is 0.